The molecule has 0 radical (unpaired) electrons. The molecular formula is C10H19N3. The first-order valence-electron chi connectivity index (χ1n) is 4.80. The van der Waals surface area contributed by atoms with Gasteiger partial charge >= 0.3 is 0 Å². The Hall–Kier alpha value is -0.830. The summed E-state index contributed by atoms with van der Waals surface area (Å²) >= 11 is 0. The van der Waals surface area contributed by atoms with Crippen molar-refractivity contribution in [3.05, 3.63) is 17.7 Å². The molecule has 0 aliphatic rings. The van der Waals surface area contributed by atoms with Gasteiger partial charge in [-0.2, -0.15) is 0 Å². The van der Waals surface area contributed by atoms with E-state index in [0.717, 1.165) is 18.7 Å². The Morgan fingerprint density at radius 1 is 1.54 bits per heavy atom. The number of nitrogens with zero attached hydrogens (tertiary/aromatic N) is 1. The second-order valence-corrected chi connectivity index (χ2v) is 4.25. The molecule has 3 heteroatoms. The van der Waals surface area contributed by atoms with Crippen LogP contribution >= 0.6 is 0 Å². The van der Waals surface area contributed by atoms with E-state index in [-0.39, 0.29) is 5.41 Å². The van der Waals surface area contributed by atoms with Gasteiger partial charge in [0, 0.05) is 18.3 Å². The van der Waals surface area contributed by atoms with Gasteiger partial charge in [0.2, 0.25) is 0 Å². The van der Waals surface area contributed by atoms with Crippen molar-refractivity contribution in [2.75, 3.05) is 6.54 Å². The van der Waals surface area contributed by atoms with Gasteiger partial charge in [0.1, 0.15) is 5.82 Å². The number of rotatable bonds is 4. The fourth-order valence-electron chi connectivity index (χ4n) is 1.20. The third-order valence-electron chi connectivity index (χ3n) is 2.26. The number of aryl methyl sites for hydroxylation is 1. The fourth-order valence-corrected chi connectivity index (χ4v) is 1.20. The molecule has 0 saturated carbocycles. The Balaban J connectivity index is 2.63. The molecule has 3 nitrogen and oxygen atoms in total. The number of aromatic nitrogens is 2. The van der Waals surface area contributed by atoms with Crippen molar-refractivity contribution in [1.82, 2.24) is 9.97 Å². The Labute approximate surface area is 79.8 Å². The molecule has 0 aliphatic carbocycles. The molecule has 0 aliphatic heterocycles. The first-order chi connectivity index (χ1) is 6.07. The molecule has 0 amide bonds. The lowest BCUT2D eigenvalue weighted by Crippen LogP contribution is -2.26. The van der Waals surface area contributed by atoms with E-state index >= 15 is 0 Å². The largest absolute Gasteiger partial charge is 0.346 e. The standard InChI is InChI=1S/C10H19N3/c1-4-8-6-12-9(13-8)5-10(2,3)7-11/h6H,4-5,7,11H2,1-3H3,(H,12,13). The first-order valence-corrected chi connectivity index (χ1v) is 4.80. The number of aromatic amines is 1. The van der Waals surface area contributed by atoms with Crippen molar-refractivity contribution in [3.8, 4) is 0 Å². The van der Waals surface area contributed by atoms with Crippen LogP contribution in [0.4, 0.5) is 0 Å². The van der Waals surface area contributed by atoms with Crippen LogP contribution in [0.15, 0.2) is 6.20 Å². The zero-order chi connectivity index (χ0) is 9.90. The van der Waals surface area contributed by atoms with Crippen molar-refractivity contribution in [3.63, 3.8) is 0 Å². The summed E-state index contributed by atoms with van der Waals surface area (Å²) in [5.41, 5.74) is 6.99. The zero-order valence-electron chi connectivity index (χ0n) is 8.72. The predicted molar refractivity (Wildman–Crippen MR) is 54.5 cm³/mol. The Morgan fingerprint density at radius 2 is 2.23 bits per heavy atom. The van der Waals surface area contributed by atoms with E-state index < -0.39 is 0 Å². The van der Waals surface area contributed by atoms with E-state index in [2.05, 4.69) is 30.7 Å². The normalized spacial score (nSPS) is 12.0. The highest BCUT2D eigenvalue weighted by atomic mass is 14.9. The highest BCUT2D eigenvalue weighted by Gasteiger charge is 2.17. The summed E-state index contributed by atoms with van der Waals surface area (Å²) in [6, 6.07) is 0. The van der Waals surface area contributed by atoms with Crippen molar-refractivity contribution in [1.29, 1.82) is 0 Å². The molecule has 1 heterocycles. The molecule has 1 aromatic heterocycles. The van der Waals surface area contributed by atoms with Gasteiger partial charge in [-0.15, -0.1) is 0 Å². The van der Waals surface area contributed by atoms with E-state index in [1.165, 1.54) is 5.69 Å². The fraction of sp³-hybridized carbons (Fsp3) is 0.700. The molecule has 1 aromatic rings. The number of nitrogens with one attached hydrogen (secondary N) is 1. The minimum Gasteiger partial charge on any atom is -0.346 e. The van der Waals surface area contributed by atoms with Crippen LogP contribution in [0.1, 0.15) is 32.3 Å². The molecule has 0 atom stereocenters. The number of imidazole rings is 1. The molecule has 0 saturated heterocycles. The summed E-state index contributed by atoms with van der Waals surface area (Å²) in [5.74, 6) is 1.05. The quantitative estimate of drug-likeness (QED) is 0.739. The molecular weight excluding hydrogens is 162 g/mol. The minimum absolute atomic E-state index is 0.142. The Morgan fingerprint density at radius 3 is 2.69 bits per heavy atom. The molecule has 0 bridgehead atoms. The monoisotopic (exact) mass is 181 g/mol. The Kier molecular flexibility index (Phi) is 3.09. The molecule has 0 aromatic carbocycles. The van der Waals surface area contributed by atoms with Crippen LogP contribution in [0.2, 0.25) is 0 Å². The van der Waals surface area contributed by atoms with Crippen molar-refractivity contribution < 1.29 is 0 Å². The molecule has 1 rings (SSSR count). The molecule has 0 fully saturated rings. The second-order valence-electron chi connectivity index (χ2n) is 4.25. The first kappa shape index (κ1) is 10.3. The van der Waals surface area contributed by atoms with E-state index in [0.29, 0.717) is 6.54 Å². The SMILES string of the molecule is CCc1cnc(CC(C)(C)CN)[nH]1. The van der Waals surface area contributed by atoms with Gasteiger partial charge in [0.15, 0.2) is 0 Å². The van der Waals surface area contributed by atoms with Gasteiger partial charge in [-0.1, -0.05) is 20.8 Å². The second kappa shape index (κ2) is 3.92. The van der Waals surface area contributed by atoms with Crippen LogP contribution < -0.4 is 5.73 Å². The molecule has 0 unspecified atom stereocenters. The summed E-state index contributed by atoms with van der Waals surface area (Å²) in [4.78, 5) is 7.60. The van der Waals surface area contributed by atoms with E-state index in [4.69, 9.17) is 5.73 Å². The average Bonchev–Trinajstić information content (AvgIpc) is 2.52. The van der Waals surface area contributed by atoms with Gasteiger partial charge in [0.05, 0.1) is 0 Å². The lowest BCUT2D eigenvalue weighted by Gasteiger charge is -2.20. The topological polar surface area (TPSA) is 54.7 Å². The van der Waals surface area contributed by atoms with Crippen molar-refractivity contribution in [2.45, 2.75) is 33.6 Å². The van der Waals surface area contributed by atoms with Crippen LogP contribution in [0, 0.1) is 5.41 Å². The van der Waals surface area contributed by atoms with Crippen LogP contribution in [0.25, 0.3) is 0 Å². The maximum atomic E-state index is 5.65. The van der Waals surface area contributed by atoms with Gasteiger partial charge in [0.25, 0.3) is 0 Å². The summed E-state index contributed by atoms with van der Waals surface area (Å²) < 4.78 is 0. The van der Waals surface area contributed by atoms with E-state index in [1.54, 1.807) is 0 Å². The minimum atomic E-state index is 0.142. The lowest BCUT2D eigenvalue weighted by atomic mass is 9.89. The van der Waals surface area contributed by atoms with Crippen molar-refractivity contribution in [2.24, 2.45) is 11.1 Å². The predicted octanol–water partition coefficient (Wildman–Crippen LogP) is 1.50. The van der Waals surface area contributed by atoms with Crippen LogP contribution in [0.5, 0.6) is 0 Å². The highest BCUT2D eigenvalue weighted by Crippen LogP contribution is 2.18. The Bertz CT molecular complexity index is 263. The van der Waals surface area contributed by atoms with E-state index in [9.17, 15) is 0 Å². The summed E-state index contributed by atoms with van der Waals surface area (Å²) in [5, 5.41) is 0. The summed E-state index contributed by atoms with van der Waals surface area (Å²) in [7, 11) is 0. The number of nitrogens with two attached hydrogens (primary N) is 1. The van der Waals surface area contributed by atoms with E-state index in [1.807, 2.05) is 6.20 Å². The van der Waals surface area contributed by atoms with Gasteiger partial charge in [-0.3, -0.25) is 0 Å². The van der Waals surface area contributed by atoms with Gasteiger partial charge in [-0.25, -0.2) is 4.98 Å². The number of hydrogen-bond acceptors (Lipinski definition) is 2. The molecule has 74 valence electrons. The van der Waals surface area contributed by atoms with Crippen LogP contribution in [-0.2, 0) is 12.8 Å². The van der Waals surface area contributed by atoms with Gasteiger partial charge < -0.3 is 10.7 Å². The lowest BCUT2D eigenvalue weighted by molar-refractivity contribution is 0.369. The zero-order valence-corrected chi connectivity index (χ0v) is 8.72. The number of H-pyrrole nitrogens is 1. The van der Waals surface area contributed by atoms with Gasteiger partial charge in [-0.05, 0) is 18.4 Å². The maximum Gasteiger partial charge on any atom is 0.106 e. The molecule has 0 spiro atoms. The maximum absolute atomic E-state index is 5.65. The molecule has 3 N–H and O–H groups in total. The summed E-state index contributed by atoms with van der Waals surface area (Å²) in [6.07, 6.45) is 3.83. The van der Waals surface area contributed by atoms with Crippen LogP contribution in [-0.4, -0.2) is 16.5 Å². The third-order valence-corrected chi connectivity index (χ3v) is 2.26. The highest BCUT2D eigenvalue weighted by molar-refractivity contribution is 5.02. The number of hydrogen-bond donors (Lipinski definition) is 2. The summed E-state index contributed by atoms with van der Waals surface area (Å²) in [6.45, 7) is 7.11. The van der Waals surface area contributed by atoms with Crippen LogP contribution in [0.3, 0.4) is 0 Å². The average molecular weight is 181 g/mol. The molecule has 13 heavy (non-hydrogen) atoms. The third kappa shape index (κ3) is 2.84. The van der Waals surface area contributed by atoms with Crippen molar-refractivity contribution >= 4 is 0 Å². The smallest absolute Gasteiger partial charge is 0.106 e.